The summed E-state index contributed by atoms with van der Waals surface area (Å²) in [6, 6.07) is 0. The van der Waals surface area contributed by atoms with Crippen LogP contribution in [-0.4, -0.2) is 27.2 Å². The van der Waals surface area contributed by atoms with Gasteiger partial charge in [-0.2, -0.15) is 0 Å². The Balaban J connectivity index is 2.02. The molecule has 1 heterocycles. The van der Waals surface area contributed by atoms with Crippen molar-refractivity contribution in [1.82, 2.24) is 9.97 Å². The highest BCUT2D eigenvalue weighted by Gasteiger charge is 2.31. The molecule has 0 unspecified atom stereocenters. The van der Waals surface area contributed by atoms with E-state index in [4.69, 9.17) is 5.73 Å². The second-order valence-electron chi connectivity index (χ2n) is 5.89. The van der Waals surface area contributed by atoms with Crippen LogP contribution in [0.1, 0.15) is 44.0 Å². The van der Waals surface area contributed by atoms with Gasteiger partial charge in [0.1, 0.15) is 17.5 Å². The summed E-state index contributed by atoms with van der Waals surface area (Å²) in [4.78, 5) is 8.47. The molecule has 1 aliphatic carbocycles. The van der Waals surface area contributed by atoms with Crippen LogP contribution in [0.3, 0.4) is 0 Å². The molecule has 5 nitrogen and oxygen atoms in total. The van der Waals surface area contributed by atoms with Gasteiger partial charge in [0.05, 0.1) is 5.60 Å². The summed E-state index contributed by atoms with van der Waals surface area (Å²) in [5, 5.41) is 13.8. The smallest absolute Gasteiger partial charge is 0.134 e. The van der Waals surface area contributed by atoms with E-state index < -0.39 is 5.60 Å². The first-order valence-electron chi connectivity index (χ1n) is 6.96. The van der Waals surface area contributed by atoms with E-state index in [9.17, 15) is 5.11 Å². The summed E-state index contributed by atoms with van der Waals surface area (Å²) in [6.45, 7) is 6.48. The normalized spacial score (nSPS) is 27.3. The molecule has 0 atom stereocenters. The van der Waals surface area contributed by atoms with E-state index in [1.54, 1.807) is 0 Å². The van der Waals surface area contributed by atoms with Crippen molar-refractivity contribution < 1.29 is 5.11 Å². The maximum Gasteiger partial charge on any atom is 0.134 e. The predicted octanol–water partition coefficient (Wildman–Crippen LogP) is 2.03. The Kier molecular flexibility index (Phi) is 3.94. The van der Waals surface area contributed by atoms with Gasteiger partial charge in [0.25, 0.3) is 0 Å². The van der Waals surface area contributed by atoms with Crippen molar-refractivity contribution in [3.05, 3.63) is 11.4 Å². The summed E-state index contributed by atoms with van der Waals surface area (Å²) in [7, 11) is 0. The van der Waals surface area contributed by atoms with Crippen molar-refractivity contribution in [1.29, 1.82) is 0 Å². The molecule has 1 saturated carbocycles. The molecule has 5 heteroatoms. The minimum absolute atomic E-state index is 0.499. The number of aryl methyl sites for hydroxylation is 1. The lowest BCUT2D eigenvalue weighted by Gasteiger charge is -2.35. The summed E-state index contributed by atoms with van der Waals surface area (Å²) in [5.41, 5.74) is 6.05. The van der Waals surface area contributed by atoms with Crippen LogP contribution in [0.25, 0.3) is 0 Å². The number of anilines is 2. The van der Waals surface area contributed by atoms with Crippen molar-refractivity contribution in [2.24, 2.45) is 5.92 Å². The van der Waals surface area contributed by atoms with Gasteiger partial charge in [-0.15, -0.1) is 0 Å². The number of aliphatic hydroxyl groups is 1. The fourth-order valence-electron chi connectivity index (χ4n) is 2.55. The third kappa shape index (κ3) is 3.35. The number of aromatic nitrogens is 2. The average molecular weight is 264 g/mol. The van der Waals surface area contributed by atoms with Crippen molar-refractivity contribution in [3.63, 3.8) is 0 Å². The average Bonchev–Trinajstić information content (AvgIpc) is 2.36. The highest BCUT2D eigenvalue weighted by molar-refractivity contribution is 5.54. The molecular formula is C14H24N4O. The van der Waals surface area contributed by atoms with Gasteiger partial charge in [-0.1, -0.05) is 6.92 Å². The Morgan fingerprint density at radius 3 is 2.58 bits per heavy atom. The Hall–Kier alpha value is -1.36. The quantitative estimate of drug-likeness (QED) is 0.778. The number of rotatable bonds is 3. The minimum atomic E-state index is -0.618. The molecule has 106 valence electrons. The molecule has 0 spiro atoms. The summed E-state index contributed by atoms with van der Waals surface area (Å²) in [5.74, 6) is 2.60. The van der Waals surface area contributed by atoms with Crippen molar-refractivity contribution in [2.45, 2.75) is 52.1 Å². The van der Waals surface area contributed by atoms with E-state index in [0.717, 1.165) is 43.0 Å². The molecule has 19 heavy (non-hydrogen) atoms. The zero-order valence-corrected chi connectivity index (χ0v) is 12.0. The lowest BCUT2D eigenvalue weighted by atomic mass is 9.79. The van der Waals surface area contributed by atoms with Crippen LogP contribution in [0.5, 0.6) is 0 Å². The number of hydrogen-bond acceptors (Lipinski definition) is 5. The lowest BCUT2D eigenvalue weighted by Crippen LogP contribution is -2.40. The van der Waals surface area contributed by atoms with Crippen molar-refractivity contribution >= 4 is 11.6 Å². The number of nitrogen functional groups attached to an aromatic ring is 1. The molecule has 1 aliphatic rings. The zero-order valence-electron chi connectivity index (χ0n) is 12.0. The zero-order chi connectivity index (χ0) is 14.0. The Bertz CT molecular complexity index is 453. The van der Waals surface area contributed by atoms with E-state index in [1.807, 2.05) is 13.8 Å². The van der Waals surface area contributed by atoms with Crippen molar-refractivity contribution in [2.75, 3.05) is 17.6 Å². The maximum absolute atomic E-state index is 10.5. The lowest BCUT2D eigenvalue weighted by molar-refractivity contribution is 0.00493. The summed E-state index contributed by atoms with van der Waals surface area (Å²) < 4.78 is 0. The Morgan fingerprint density at radius 1 is 1.32 bits per heavy atom. The van der Waals surface area contributed by atoms with Gasteiger partial charge in [0.2, 0.25) is 0 Å². The van der Waals surface area contributed by atoms with Crippen LogP contribution in [0.4, 0.5) is 11.6 Å². The second kappa shape index (κ2) is 5.33. The van der Waals surface area contributed by atoms with Gasteiger partial charge in [-0.05, 0) is 45.4 Å². The molecule has 2 rings (SSSR count). The van der Waals surface area contributed by atoms with Crippen LogP contribution in [0.15, 0.2) is 0 Å². The molecule has 1 fully saturated rings. The third-order valence-corrected chi connectivity index (χ3v) is 4.09. The number of hydrogen-bond donors (Lipinski definition) is 3. The second-order valence-corrected chi connectivity index (χ2v) is 5.89. The first kappa shape index (κ1) is 14.1. The summed E-state index contributed by atoms with van der Waals surface area (Å²) >= 11 is 0. The molecule has 4 N–H and O–H groups in total. The van der Waals surface area contributed by atoms with E-state index in [1.165, 1.54) is 0 Å². The molecule has 0 bridgehead atoms. The molecule has 0 aromatic carbocycles. The van der Waals surface area contributed by atoms with E-state index in [2.05, 4.69) is 22.2 Å². The minimum Gasteiger partial charge on any atom is -0.388 e. The molecule has 0 radical (unpaired) electrons. The van der Waals surface area contributed by atoms with Gasteiger partial charge in [0, 0.05) is 12.1 Å². The van der Waals surface area contributed by atoms with Crippen LogP contribution in [-0.2, 0) is 0 Å². The van der Waals surface area contributed by atoms with Crippen molar-refractivity contribution in [3.8, 4) is 0 Å². The fraction of sp³-hybridized carbons (Fsp3) is 0.714. The Morgan fingerprint density at radius 2 is 1.95 bits per heavy atom. The van der Waals surface area contributed by atoms with Crippen LogP contribution < -0.4 is 11.1 Å². The number of nitrogens with two attached hydrogens (primary N) is 1. The standard InChI is InChI=1S/C14H24N4O/c1-9-4-6-14(19,7-5-9)8-16-13-10(2)12(15)17-11(3)18-13/h9,19H,4-8H2,1-3H3,(H3,15,16,17,18). The maximum atomic E-state index is 10.5. The molecule has 0 amide bonds. The largest absolute Gasteiger partial charge is 0.388 e. The Labute approximate surface area is 114 Å². The number of nitrogens with zero attached hydrogens (tertiary/aromatic N) is 2. The number of nitrogens with one attached hydrogen (secondary N) is 1. The topological polar surface area (TPSA) is 84.1 Å². The van der Waals surface area contributed by atoms with Gasteiger partial charge < -0.3 is 16.2 Å². The van der Waals surface area contributed by atoms with E-state index in [-0.39, 0.29) is 0 Å². The predicted molar refractivity (Wildman–Crippen MR) is 77.0 cm³/mol. The van der Waals surface area contributed by atoms with Crippen LogP contribution in [0.2, 0.25) is 0 Å². The highest BCUT2D eigenvalue weighted by atomic mass is 16.3. The molecule has 0 aliphatic heterocycles. The van der Waals surface area contributed by atoms with Gasteiger partial charge in [-0.3, -0.25) is 0 Å². The van der Waals surface area contributed by atoms with Gasteiger partial charge in [-0.25, -0.2) is 9.97 Å². The SMILES string of the molecule is Cc1nc(N)c(C)c(NCC2(O)CCC(C)CC2)n1. The van der Waals surface area contributed by atoms with Gasteiger partial charge >= 0.3 is 0 Å². The molecule has 1 aromatic rings. The van der Waals surface area contributed by atoms with Crippen LogP contribution in [0, 0.1) is 19.8 Å². The first-order chi connectivity index (χ1) is 8.89. The van der Waals surface area contributed by atoms with Crippen LogP contribution >= 0.6 is 0 Å². The molecular weight excluding hydrogens is 240 g/mol. The van der Waals surface area contributed by atoms with E-state index in [0.29, 0.717) is 18.2 Å². The highest BCUT2D eigenvalue weighted by Crippen LogP contribution is 2.32. The summed E-state index contributed by atoms with van der Waals surface area (Å²) in [6.07, 6.45) is 3.86. The molecule has 1 aromatic heterocycles. The van der Waals surface area contributed by atoms with E-state index >= 15 is 0 Å². The fourth-order valence-corrected chi connectivity index (χ4v) is 2.55. The first-order valence-corrected chi connectivity index (χ1v) is 6.96. The van der Waals surface area contributed by atoms with Gasteiger partial charge in [0.15, 0.2) is 0 Å². The monoisotopic (exact) mass is 264 g/mol. The third-order valence-electron chi connectivity index (χ3n) is 4.09. The molecule has 0 saturated heterocycles.